The lowest BCUT2D eigenvalue weighted by atomic mass is 10.0. The second kappa shape index (κ2) is 10.1. The summed E-state index contributed by atoms with van der Waals surface area (Å²) < 4.78 is 7.52. The molecule has 0 aliphatic heterocycles. The Hall–Kier alpha value is -3.32. The highest BCUT2D eigenvalue weighted by Gasteiger charge is 2.19. The van der Waals surface area contributed by atoms with Gasteiger partial charge in [-0.2, -0.15) is 0 Å². The third kappa shape index (κ3) is 5.37. The third-order valence-corrected chi connectivity index (χ3v) is 6.71. The first-order chi connectivity index (χ1) is 15.9. The van der Waals surface area contributed by atoms with Crippen molar-refractivity contribution < 1.29 is 9.21 Å². The molecular weight excluding hydrogens is 432 g/mol. The molecule has 1 N–H and O–H groups in total. The molecule has 0 saturated carbocycles. The molecule has 4 aromatic rings. The molecule has 0 fully saturated rings. The molecule has 0 bridgehead atoms. The molecule has 2 heterocycles. The highest BCUT2D eigenvalue weighted by molar-refractivity contribution is 7.99. The predicted octanol–water partition coefficient (Wildman–Crippen LogP) is 5.48. The zero-order valence-corrected chi connectivity index (χ0v) is 20.1. The van der Waals surface area contributed by atoms with Gasteiger partial charge >= 0.3 is 0 Å². The fourth-order valence-electron chi connectivity index (χ4n) is 3.65. The third-order valence-electron chi connectivity index (χ3n) is 5.74. The minimum atomic E-state index is -0.0660. The number of amides is 1. The number of carbonyl (C=O) groups excluding carboxylic acids is 1. The molecule has 0 radical (unpaired) electrons. The van der Waals surface area contributed by atoms with Gasteiger partial charge in [-0.3, -0.25) is 9.36 Å². The normalized spacial score (nSPS) is 12.0. The van der Waals surface area contributed by atoms with Crippen molar-refractivity contribution in [3.63, 3.8) is 0 Å². The van der Waals surface area contributed by atoms with Gasteiger partial charge in [0, 0.05) is 0 Å². The van der Waals surface area contributed by atoms with Crippen LogP contribution < -0.4 is 5.32 Å². The van der Waals surface area contributed by atoms with Crippen LogP contribution in [0.3, 0.4) is 0 Å². The number of nitrogens with zero attached hydrogens (tertiary/aromatic N) is 3. The summed E-state index contributed by atoms with van der Waals surface area (Å²) >= 11 is 1.39. The van der Waals surface area contributed by atoms with Crippen LogP contribution in [0.15, 0.2) is 70.4 Å². The molecule has 2 aromatic heterocycles. The maximum absolute atomic E-state index is 12.7. The van der Waals surface area contributed by atoms with Crippen LogP contribution >= 0.6 is 11.8 Å². The van der Waals surface area contributed by atoms with Gasteiger partial charge in [-0.15, -0.1) is 10.2 Å². The molecule has 170 valence electrons. The van der Waals surface area contributed by atoms with Crippen LogP contribution in [0.1, 0.15) is 41.0 Å². The molecule has 0 saturated heterocycles. The summed E-state index contributed by atoms with van der Waals surface area (Å²) in [5.41, 5.74) is 5.60. The molecule has 0 spiro atoms. The minimum absolute atomic E-state index is 0.0407. The molecule has 4 rings (SSSR count). The molecule has 2 aromatic carbocycles. The van der Waals surface area contributed by atoms with Crippen molar-refractivity contribution >= 4 is 17.7 Å². The number of hydrogen-bond acceptors (Lipinski definition) is 5. The quantitative estimate of drug-likeness (QED) is 0.353. The number of thioether (sulfide) groups is 1. The first-order valence-corrected chi connectivity index (χ1v) is 11.9. The lowest BCUT2D eigenvalue weighted by molar-refractivity contribution is -0.119. The van der Waals surface area contributed by atoms with E-state index in [4.69, 9.17) is 4.42 Å². The van der Waals surface area contributed by atoms with E-state index < -0.39 is 0 Å². The number of carbonyl (C=O) groups is 1. The fraction of sp³-hybridized carbons (Fsp3) is 0.269. The topological polar surface area (TPSA) is 73.0 Å². The van der Waals surface area contributed by atoms with Crippen LogP contribution in [0.25, 0.3) is 11.4 Å². The highest BCUT2D eigenvalue weighted by Crippen LogP contribution is 2.28. The van der Waals surface area contributed by atoms with E-state index in [0.717, 1.165) is 28.3 Å². The van der Waals surface area contributed by atoms with Crippen LogP contribution in [-0.2, 0) is 11.3 Å². The molecule has 6 nitrogen and oxygen atoms in total. The van der Waals surface area contributed by atoms with Crippen LogP contribution in [-0.4, -0.2) is 26.4 Å². The Morgan fingerprint density at radius 1 is 1.06 bits per heavy atom. The second-order valence-corrected chi connectivity index (χ2v) is 9.13. The van der Waals surface area contributed by atoms with E-state index in [2.05, 4.69) is 59.7 Å². The fourth-order valence-corrected chi connectivity index (χ4v) is 4.40. The number of nitrogens with one attached hydrogen (secondary N) is 1. The molecule has 0 aliphatic carbocycles. The van der Waals surface area contributed by atoms with E-state index in [1.54, 1.807) is 6.26 Å². The summed E-state index contributed by atoms with van der Waals surface area (Å²) in [6.45, 7) is 8.69. The molecule has 33 heavy (non-hydrogen) atoms. The monoisotopic (exact) mass is 460 g/mol. The van der Waals surface area contributed by atoms with Gasteiger partial charge in [-0.05, 0) is 56.0 Å². The van der Waals surface area contributed by atoms with Gasteiger partial charge in [0.15, 0.2) is 11.0 Å². The van der Waals surface area contributed by atoms with Crippen molar-refractivity contribution in [3.8, 4) is 11.4 Å². The van der Waals surface area contributed by atoms with E-state index in [-0.39, 0.29) is 17.7 Å². The van der Waals surface area contributed by atoms with Crippen LogP contribution in [0.5, 0.6) is 0 Å². The molecular formula is C26H28N4O2S. The second-order valence-electron chi connectivity index (χ2n) is 8.19. The first kappa shape index (κ1) is 22.9. The Bertz CT molecular complexity index is 1250. The Kier molecular flexibility index (Phi) is 6.99. The van der Waals surface area contributed by atoms with Gasteiger partial charge in [0.1, 0.15) is 5.76 Å². The van der Waals surface area contributed by atoms with Crippen LogP contribution in [0.4, 0.5) is 0 Å². The molecule has 7 heteroatoms. The molecule has 0 aliphatic rings. The molecule has 1 unspecified atom stereocenters. The summed E-state index contributed by atoms with van der Waals surface area (Å²) in [5, 5.41) is 12.6. The average molecular weight is 461 g/mol. The van der Waals surface area contributed by atoms with Crippen LogP contribution in [0, 0.1) is 20.8 Å². The zero-order valence-electron chi connectivity index (χ0n) is 19.3. The summed E-state index contributed by atoms with van der Waals surface area (Å²) in [5.74, 6) is 1.73. The number of aryl methyl sites for hydroxylation is 3. The Morgan fingerprint density at radius 2 is 1.85 bits per heavy atom. The van der Waals surface area contributed by atoms with Gasteiger partial charge in [-0.1, -0.05) is 60.3 Å². The summed E-state index contributed by atoms with van der Waals surface area (Å²) in [7, 11) is 0. The number of rotatable bonds is 8. The Balaban J connectivity index is 1.49. The van der Waals surface area contributed by atoms with Gasteiger partial charge in [-0.25, -0.2) is 0 Å². The van der Waals surface area contributed by atoms with E-state index in [1.807, 2.05) is 42.7 Å². The standard InChI is InChI=1S/C26H28N4O2S/c1-17-10-11-22(14-18(17)2)19(3)27-24(31)16-33-26-29-28-25(23-12-13-32-20(23)4)30(26)15-21-8-6-5-7-9-21/h5-14,19H,15-16H2,1-4H3,(H,27,31). The van der Waals surface area contributed by atoms with Gasteiger partial charge in [0.05, 0.1) is 30.2 Å². The SMILES string of the molecule is Cc1ccc(C(C)NC(=O)CSc2nnc(-c3ccoc3C)n2Cc2ccccc2)cc1C. The first-order valence-electron chi connectivity index (χ1n) is 10.9. The van der Waals surface area contributed by atoms with Crippen molar-refractivity contribution in [1.82, 2.24) is 20.1 Å². The summed E-state index contributed by atoms with van der Waals surface area (Å²) in [4.78, 5) is 12.7. The zero-order chi connectivity index (χ0) is 23.4. The maximum Gasteiger partial charge on any atom is 0.230 e. The predicted molar refractivity (Wildman–Crippen MR) is 131 cm³/mol. The van der Waals surface area contributed by atoms with E-state index in [9.17, 15) is 4.79 Å². The highest BCUT2D eigenvalue weighted by atomic mass is 32.2. The Labute approximate surface area is 198 Å². The van der Waals surface area contributed by atoms with Crippen molar-refractivity contribution in [2.45, 2.75) is 45.4 Å². The van der Waals surface area contributed by atoms with E-state index in [1.165, 1.54) is 22.9 Å². The number of aromatic nitrogens is 3. The van der Waals surface area contributed by atoms with Crippen molar-refractivity contribution in [1.29, 1.82) is 0 Å². The average Bonchev–Trinajstić information content (AvgIpc) is 3.40. The Morgan fingerprint density at radius 3 is 2.55 bits per heavy atom. The minimum Gasteiger partial charge on any atom is -0.469 e. The molecule has 1 atom stereocenters. The lowest BCUT2D eigenvalue weighted by Crippen LogP contribution is -2.28. The van der Waals surface area contributed by atoms with Crippen molar-refractivity contribution in [2.75, 3.05) is 5.75 Å². The lowest BCUT2D eigenvalue weighted by Gasteiger charge is -2.16. The van der Waals surface area contributed by atoms with Gasteiger partial charge < -0.3 is 9.73 Å². The van der Waals surface area contributed by atoms with Gasteiger partial charge in [0.25, 0.3) is 0 Å². The summed E-state index contributed by atoms with van der Waals surface area (Å²) in [6.07, 6.45) is 1.65. The number of benzene rings is 2. The van der Waals surface area contributed by atoms with E-state index in [0.29, 0.717) is 11.7 Å². The maximum atomic E-state index is 12.7. The van der Waals surface area contributed by atoms with Crippen molar-refractivity contribution in [3.05, 3.63) is 88.9 Å². The molecule has 1 amide bonds. The number of hydrogen-bond donors (Lipinski definition) is 1. The van der Waals surface area contributed by atoms with E-state index >= 15 is 0 Å². The summed E-state index contributed by atoms with van der Waals surface area (Å²) in [6, 6.07) is 18.3. The smallest absolute Gasteiger partial charge is 0.230 e. The number of furan rings is 1. The van der Waals surface area contributed by atoms with Crippen molar-refractivity contribution in [2.24, 2.45) is 0 Å². The van der Waals surface area contributed by atoms with Crippen LogP contribution in [0.2, 0.25) is 0 Å². The largest absolute Gasteiger partial charge is 0.469 e. The van der Waals surface area contributed by atoms with Gasteiger partial charge in [0.2, 0.25) is 5.91 Å².